The van der Waals surface area contributed by atoms with Crippen LogP contribution in [0.25, 0.3) is 0 Å². The normalized spacial score (nSPS) is 10.2. The van der Waals surface area contributed by atoms with E-state index in [0.29, 0.717) is 11.4 Å². The molecule has 0 aliphatic carbocycles. The maximum absolute atomic E-state index is 12.3. The van der Waals surface area contributed by atoms with Crippen molar-refractivity contribution in [2.24, 2.45) is 0 Å². The number of aromatic nitrogens is 1. The lowest BCUT2D eigenvalue weighted by molar-refractivity contribution is 0.102. The number of amides is 1. The SMILES string of the molecule is Cc1ccc(Nc2ccc(NC(=O)c3ccccc3C)nc2)cc1. The number of hydrogen-bond donors (Lipinski definition) is 2. The minimum absolute atomic E-state index is 0.153. The zero-order valence-corrected chi connectivity index (χ0v) is 13.7. The van der Waals surface area contributed by atoms with Crippen LogP contribution in [0.4, 0.5) is 17.2 Å². The predicted molar refractivity (Wildman–Crippen MR) is 97.8 cm³/mol. The van der Waals surface area contributed by atoms with Gasteiger partial charge >= 0.3 is 0 Å². The van der Waals surface area contributed by atoms with E-state index >= 15 is 0 Å². The summed E-state index contributed by atoms with van der Waals surface area (Å²) < 4.78 is 0. The second kappa shape index (κ2) is 6.96. The quantitative estimate of drug-likeness (QED) is 0.733. The maximum atomic E-state index is 12.3. The van der Waals surface area contributed by atoms with Crippen molar-refractivity contribution in [1.29, 1.82) is 0 Å². The molecule has 3 aromatic rings. The van der Waals surface area contributed by atoms with Crippen molar-refractivity contribution >= 4 is 23.1 Å². The second-order valence-electron chi connectivity index (χ2n) is 5.69. The van der Waals surface area contributed by atoms with E-state index in [1.807, 2.05) is 55.5 Å². The Balaban J connectivity index is 1.67. The van der Waals surface area contributed by atoms with Crippen molar-refractivity contribution < 1.29 is 4.79 Å². The van der Waals surface area contributed by atoms with E-state index in [-0.39, 0.29) is 5.91 Å². The smallest absolute Gasteiger partial charge is 0.257 e. The van der Waals surface area contributed by atoms with E-state index in [4.69, 9.17) is 0 Å². The summed E-state index contributed by atoms with van der Waals surface area (Å²) in [6.45, 7) is 3.97. The largest absolute Gasteiger partial charge is 0.354 e. The summed E-state index contributed by atoms with van der Waals surface area (Å²) in [7, 11) is 0. The Labute approximate surface area is 141 Å². The Bertz CT molecular complexity index is 840. The lowest BCUT2D eigenvalue weighted by atomic mass is 10.1. The highest BCUT2D eigenvalue weighted by Gasteiger charge is 2.09. The molecular weight excluding hydrogens is 298 g/mol. The van der Waals surface area contributed by atoms with Gasteiger partial charge in [0.1, 0.15) is 5.82 Å². The molecule has 24 heavy (non-hydrogen) atoms. The molecule has 1 heterocycles. The summed E-state index contributed by atoms with van der Waals surface area (Å²) in [4.78, 5) is 16.6. The van der Waals surface area contributed by atoms with E-state index in [2.05, 4.69) is 22.5 Å². The molecule has 4 nitrogen and oxygen atoms in total. The van der Waals surface area contributed by atoms with Crippen LogP contribution in [0.2, 0.25) is 0 Å². The fourth-order valence-electron chi connectivity index (χ4n) is 2.36. The summed E-state index contributed by atoms with van der Waals surface area (Å²) >= 11 is 0. The van der Waals surface area contributed by atoms with Crippen LogP contribution >= 0.6 is 0 Å². The van der Waals surface area contributed by atoms with Gasteiger partial charge in [-0.1, -0.05) is 35.9 Å². The first kappa shape index (κ1) is 15.7. The highest BCUT2D eigenvalue weighted by atomic mass is 16.1. The Morgan fingerprint density at radius 3 is 2.25 bits per heavy atom. The molecule has 0 fully saturated rings. The van der Waals surface area contributed by atoms with Crippen LogP contribution in [0.1, 0.15) is 21.5 Å². The van der Waals surface area contributed by atoms with Gasteiger partial charge in [-0.3, -0.25) is 4.79 Å². The molecule has 0 bridgehead atoms. The van der Waals surface area contributed by atoms with E-state index in [9.17, 15) is 4.79 Å². The van der Waals surface area contributed by atoms with E-state index in [0.717, 1.165) is 16.9 Å². The highest BCUT2D eigenvalue weighted by Crippen LogP contribution is 2.18. The molecular formula is C20H19N3O. The molecule has 0 aliphatic rings. The van der Waals surface area contributed by atoms with E-state index < -0.39 is 0 Å². The number of anilines is 3. The lowest BCUT2D eigenvalue weighted by Crippen LogP contribution is -2.14. The van der Waals surface area contributed by atoms with Gasteiger partial charge in [-0.2, -0.15) is 0 Å². The van der Waals surface area contributed by atoms with E-state index in [1.165, 1.54) is 5.56 Å². The fraction of sp³-hybridized carbons (Fsp3) is 0.100. The summed E-state index contributed by atoms with van der Waals surface area (Å²) in [5.74, 6) is 0.373. The molecule has 120 valence electrons. The molecule has 0 saturated carbocycles. The molecule has 0 spiro atoms. The topological polar surface area (TPSA) is 54.0 Å². The monoisotopic (exact) mass is 317 g/mol. The number of nitrogens with zero attached hydrogens (tertiary/aromatic N) is 1. The first-order valence-electron chi connectivity index (χ1n) is 7.78. The third-order valence-corrected chi connectivity index (χ3v) is 3.74. The molecule has 1 aromatic heterocycles. The van der Waals surface area contributed by atoms with Crippen molar-refractivity contribution in [1.82, 2.24) is 4.98 Å². The van der Waals surface area contributed by atoms with Crippen LogP contribution < -0.4 is 10.6 Å². The van der Waals surface area contributed by atoms with Crippen molar-refractivity contribution in [3.05, 3.63) is 83.6 Å². The Morgan fingerprint density at radius 2 is 1.58 bits per heavy atom. The maximum Gasteiger partial charge on any atom is 0.257 e. The Morgan fingerprint density at radius 1 is 0.875 bits per heavy atom. The van der Waals surface area contributed by atoms with Gasteiger partial charge in [-0.15, -0.1) is 0 Å². The minimum Gasteiger partial charge on any atom is -0.354 e. The lowest BCUT2D eigenvalue weighted by Gasteiger charge is -2.09. The molecule has 0 unspecified atom stereocenters. The highest BCUT2D eigenvalue weighted by molar-refractivity contribution is 6.04. The van der Waals surface area contributed by atoms with Crippen LogP contribution in [-0.4, -0.2) is 10.9 Å². The van der Waals surface area contributed by atoms with Crippen LogP contribution in [-0.2, 0) is 0 Å². The standard InChI is InChI=1S/C20H19N3O/c1-14-7-9-16(10-8-14)22-17-11-12-19(21-13-17)23-20(24)18-6-4-3-5-15(18)2/h3-13,22H,1-2H3,(H,21,23,24). The first-order valence-corrected chi connectivity index (χ1v) is 7.78. The molecule has 0 atom stereocenters. The van der Waals surface area contributed by atoms with Crippen LogP contribution in [0.5, 0.6) is 0 Å². The molecule has 2 N–H and O–H groups in total. The van der Waals surface area contributed by atoms with Crippen molar-refractivity contribution in [2.75, 3.05) is 10.6 Å². The second-order valence-corrected chi connectivity index (χ2v) is 5.69. The average molecular weight is 317 g/mol. The van der Waals surface area contributed by atoms with Crippen LogP contribution in [0, 0.1) is 13.8 Å². The number of carbonyl (C=O) groups is 1. The minimum atomic E-state index is -0.153. The summed E-state index contributed by atoms with van der Waals surface area (Å²) in [5.41, 5.74) is 4.67. The molecule has 2 aromatic carbocycles. The summed E-state index contributed by atoms with van der Waals surface area (Å²) in [5, 5.41) is 6.10. The van der Waals surface area contributed by atoms with Gasteiger partial charge in [0.15, 0.2) is 0 Å². The average Bonchev–Trinajstić information content (AvgIpc) is 2.59. The molecule has 0 saturated heterocycles. The number of benzene rings is 2. The van der Waals surface area contributed by atoms with Gasteiger partial charge in [0.25, 0.3) is 5.91 Å². The van der Waals surface area contributed by atoms with Gasteiger partial charge in [0, 0.05) is 11.3 Å². The zero-order chi connectivity index (χ0) is 16.9. The molecule has 0 radical (unpaired) electrons. The number of pyridine rings is 1. The van der Waals surface area contributed by atoms with Crippen molar-refractivity contribution in [2.45, 2.75) is 13.8 Å². The molecule has 4 heteroatoms. The van der Waals surface area contributed by atoms with Gasteiger partial charge in [0.05, 0.1) is 11.9 Å². The number of hydrogen-bond acceptors (Lipinski definition) is 3. The first-order chi connectivity index (χ1) is 11.6. The van der Waals surface area contributed by atoms with Gasteiger partial charge in [0.2, 0.25) is 0 Å². The fourth-order valence-corrected chi connectivity index (χ4v) is 2.36. The number of carbonyl (C=O) groups excluding carboxylic acids is 1. The number of rotatable bonds is 4. The third kappa shape index (κ3) is 3.79. The Kier molecular flexibility index (Phi) is 4.57. The zero-order valence-electron chi connectivity index (χ0n) is 13.7. The van der Waals surface area contributed by atoms with Gasteiger partial charge in [-0.25, -0.2) is 4.98 Å². The van der Waals surface area contributed by atoms with Crippen molar-refractivity contribution in [3.63, 3.8) is 0 Å². The van der Waals surface area contributed by atoms with Crippen LogP contribution in [0.3, 0.4) is 0 Å². The van der Waals surface area contributed by atoms with Gasteiger partial charge < -0.3 is 10.6 Å². The molecule has 3 rings (SSSR count). The van der Waals surface area contributed by atoms with Crippen molar-refractivity contribution in [3.8, 4) is 0 Å². The molecule has 1 amide bonds. The predicted octanol–water partition coefficient (Wildman–Crippen LogP) is 4.69. The number of nitrogens with one attached hydrogen (secondary N) is 2. The molecule has 0 aliphatic heterocycles. The summed E-state index contributed by atoms with van der Waals surface area (Å²) in [6.07, 6.45) is 1.70. The Hall–Kier alpha value is -3.14. The summed E-state index contributed by atoms with van der Waals surface area (Å²) in [6, 6.07) is 19.3. The van der Waals surface area contributed by atoms with Crippen LogP contribution in [0.15, 0.2) is 66.9 Å². The van der Waals surface area contributed by atoms with Gasteiger partial charge in [-0.05, 0) is 49.7 Å². The number of aryl methyl sites for hydroxylation is 2. The van der Waals surface area contributed by atoms with E-state index in [1.54, 1.807) is 18.3 Å². The third-order valence-electron chi connectivity index (χ3n) is 3.74.